The van der Waals surface area contributed by atoms with Crippen LogP contribution in [0.2, 0.25) is 0 Å². The zero-order chi connectivity index (χ0) is 6.48. The SMILES string of the molecule is COC12CC1CN(C)C2. The molecule has 2 atom stereocenters. The predicted octanol–water partition coefficient (Wildman–Crippen LogP) is 0.337. The lowest BCUT2D eigenvalue weighted by Crippen LogP contribution is -2.24. The minimum absolute atomic E-state index is 0.300. The van der Waals surface area contributed by atoms with Crippen molar-refractivity contribution < 1.29 is 4.74 Å². The van der Waals surface area contributed by atoms with Gasteiger partial charge in [-0.1, -0.05) is 0 Å². The van der Waals surface area contributed by atoms with Gasteiger partial charge in [-0.15, -0.1) is 0 Å². The summed E-state index contributed by atoms with van der Waals surface area (Å²) in [6.45, 7) is 2.39. The lowest BCUT2D eigenvalue weighted by molar-refractivity contribution is 0.0717. The number of rotatable bonds is 1. The van der Waals surface area contributed by atoms with E-state index >= 15 is 0 Å². The molecule has 1 heterocycles. The van der Waals surface area contributed by atoms with Gasteiger partial charge in [-0.2, -0.15) is 0 Å². The number of hydrogen-bond acceptors (Lipinski definition) is 2. The summed E-state index contributed by atoms with van der Waals surface area (Å²) in [5.41, 5.74) is 0.300. The molecule has 0 radical (unpaired) electrons. The largest absolute Gasteiger partial charge is 0.377 e. The third kappa shape index (κ3) is 0.634. The summed E-state index contributed by atoms with van der Waals surface area (Å²) in [7, 11) is 3.99. The second-order valence-corrected chi connectivity index (χ2v) is 3.37. The van der Waals surface area contributed by atoms with E-state index in [-0.39, 0.29) is 0 Å². The standard InChI is InChI=1S/C7H13NO/c1-8-4-6-3-7(6,5-8)9-2/h6H,3-5H2,1-2H3. The van der Waals surface area contributed by atoms with Gasteiger partial charge in [-0.25, -0.2) is 0 Å². The molecule has 2 rings (SSSR count). The quantitative estimate of drug-likeness (QED) is 0.503. The van der Waals surface area contributed by atoms with Crippen LogP contribution in [0.25, 0.3) is 0 Å². The maximum atomic E-state index is 5.40. The van der Waals surface area contributed by atoms with Crippen LogP contribution in [-0.4, -0.2) is 37.7 Å². The van der Waals surface area contributed by atoms with Crippen molar-refractivity contribution in [2.45, 2.75) is 12.0 Å². The van der Waals surface area contributed by atoms with Gasteiger partial charge in [0.1, 0.15) is 0 Å². The molecule has 2 unspecified atom stereocenters. The van der Waals surface area contributed by atoms with E-state index in [4.69, 9.17) is 4.74 Å². The Labute approximate surface area is 55.8 Å². The molecule has 0 amide bonds. The molecule has 1 saturated carbocycles. The fourth-order valence-electron chi connectivity index (χ4n) is 1.99. The van der Waals surface area contributed by atoms with Crippen LogP contribution in [0, 0.1) is 5.92 Å². The normalized spacial score (nSPS) is 49.3. The third-order valence-corrected chi connectivity index (χ3v) is 2.65. The maximum Gasteiger partial charge on any atom is 0.0850 e. The monoisotopic (exact) mass is 127 g/mol. The van der Waals surface area contributed by atoms with Crippen molar-refractivity contribution in [1.29, 1.82) is 0 Å². The van der Waals surface area contributed by atoms with E-state index in [0.29, 0.717) is 5.60 Å². The van der Waals surface area contributed by atoms with Crippen molar-refractivity contribution in [3.05, 3.63) is 0 Å². The van der Waals surface area contributed by atoms with Crippen molar-refractivity contribution >= 4 is 0 Å². The minimum Gasteiger partial charge on any atom is -0.377 e. The second kappa shape index (κ2) is 1.50. The van der Waals surface area contributed by atoms with Gasteiger partial charge in [0.05, 0.1) is 5.60 Å². The van der Waals surface area contributed by atoms with Gasteiger partial charge in [-0.05, 0) is 13.5 Å². The van der Waals surface area contributed by atoms with Gasteiger partial charge < -0.3 is 9.64 Å². The summed E-state index contributed by atoms with van der Waals surface area (Å²) in [5.74, 6) is 0.854. The first-order valence-electron chi connectivity index (χ1n) is 3.50. The topological polar surface area (TPSA) is 12.5 Å². The van der Waals surface area contributed by atoms with Crippen LogP contribution in [0.3, 0.4) is 0 Å². The number of fused-ring (bicyclic) bond motifs is 1. The summed E-state index contributed by atoms with van der Waals surface area (Å²) in [5, 5.41) is 0. The Morgan fingerprint density at radius 1 is 1.67 bits per heavy atom. The molecule has 0 N–H and O–H groups in total. The highest BCUT2D eigenvalue weighted by atomic mass is 16.5. The zero-order valence-corrected chi connectivity index (χ0v) is 6.05. The Morgan fingerprint density at radius 3 is 2.78 bits per heavy atom. The van der Waals surface area contributed by atoms with Crippen LogP contribution in [-0.2, 0) is 4.74 Å². The number of likely N-dealkylation sites (tertiary alicyclic amines) is 1. The van der Waals surface area contributed by atoms with Crippen LogP contribution in [0.4, 0.5) is 0 Å². The first-order valence-corrected chi connectivity index (χ1v) is 3.50. The second-order valence-electron chi connectivity index (χ2n) is 3.37. The van der Waals surface area contributed by atoms with E-state index < -0.39 is 0 Å². The molecule has 0 bridgehead atoms. The number of likely N-dealkylation sites (N-methyl/N-ethyl adjacent to an activating group) is 1. The molecule has 2 nitrogen and oxygen atoms in total. The molecule has 0 spiro atoms. The number of nitrogens with zero attached hydrogens (tertiary/aromatic N) is 1. The summed E-state index contributed by atoms with van der Waals surface area (Å²) in [6.07, 6.45) is 1.30. The lowest BCUT2D eigenvalue weighted by atomic mass is 10.3. The highest BCUT2D eigenvalue weighted by Crippen LogP contribution is 2.51. The number of piperidine rings is 1. The highest BCUT2D eigenvalue weighted by molar-refractivity contribution is 5.12. The van der Waals surface area contributed by atoms with Crippen molar-refractivity contribution in [2.24, 2.45) is 5.92 Å². The smallest absolute Gasteiger partial charge is 0.0850 e. The van der Waals surface area contributed by atoms with E-state index in [1.54, 1.807) is 0 Å². The molecule has 2 heteroatoms. The molecule has 1 aliphatic carbocycles. The van der Waals surface area contributed by atoms with Crippen molar-refractivity contribution in [3.63, 3.8) is 0 Å². The fraction of sp³-hybridized carbons (Fsp3) is 1.00. The number of ether oxygens (including phenoxy) is 1. The Hall–Kier alpha value is -0.0800. The molecule has 2 aliphatic rings. The summed E-state index contributed by atoms with van der Waals surface area (Å²) >= 11 is 0. The van der Waals surface area contributed by atoms with Crippen molar-refractivity contribution in [3.8, 4) is 0 Å². The van der Waals surface area contributed by atoms with Gasteiger partial charge in [0.25, 0.3) is 0 Å². The zero-order valence-electron chi connectivity index (χ0n) is 6.05. The molecule has 0 aromatic rings. The molecule has 2 fully saturated rings. The first kappa shape index (κ1) is 5.69. The van der Waals surface area contributed by atoms with E-state index in [2.05, 4.69) is 11.9 Å². The Bertz CT molecular complexity index is 133. The molecular formula is C7H13NO. The molecule has 52 valence electrons. The van der Waals surface area contributed by atoms with Gasteiger partial charge >= 0.3 is 0 Å². The predicted molar refractivity (Wildman–Crippen MR) is 35.3 cm³/mol. The highest BCUT2D eigenvalue weighted by Gasteiger charge is 2.59. The van der Waals surface area contributed by atoms with E-state index in [1.807, 2.05) is 7.11 Å². The molecule has 1 saturated heterocycles. The first-order chi connectivity index (χ1) is 4.27. The molecule has 0 aromatic heterocycles. The summed E-state index contributed by atoms with van der Waals surface area (Å²) in [6, 6.07) is 0. The van der Waals surface area contributed by atoms with Gasteiger partial charge in [0.2, 0.25) is 0 Å². The van der Waals surface area contributed by atoms with Crippen LogP contribution in [0.15, 0.2) is 0 Å². The molecular weight excluding hydrogens is 114 g/mol. The fourth-order valence-corrected chi connectivity index (χ4v) is 1.99. The van der Waals surface area contributed by atoms with Crippen LogP contribution < -0.4 is 0 Å². The van der Waals surface area contributed by atoms with Crippen molar-refractivity contribution in [2.75, 3.05) is 27.2 Å². The minimum atomic E-state index is 0.300. The average molecular weight is 127 g/mol. The Kier molecular flexibility index (Phi) is 0.945. The molecule has 1 aliphatic heterocycles. The van der Waals surface area contributed by atoms with Crippen LogP contribution in [0.5, 0.6) is 0 Å². The van der Waals surface area contributed by atoms with Gasteiger partial charge in [0.15, 0.2) is 0 Å². The maximum absolute atomic E-state index is 5.40. The van der Waals surface area contributed by atoms with Gasteiger partial charge in [0, 0.05) is 26.1 Å². The van der Waals surface area contributed by atoms with Crippen LogP contribution >= 0.6 is 0 Å². The summed E-state index contributed by atoms with van der Waals surface area (Å²) < 4.78 is 5.40. The molecule has 0 aromatic carbocycles. The lowest BCUT2D eigenvalue weighted by Gasteiger charge is -2.13. The van der Waals surface area contributed by atoms with Crippen LogP contribution in [0.1, 0.15) is 6.42 Å². The third-order valence-electron chi connectivity index (χ3n) is 2.65. The Balaban J connectivity index is 2.05. The van der Waals surface area contributed by atoms with E-state index in [9.17, 15) is 0 Å². The average Bonchev–Trinajstić information content (AvgIpc) is 2.38. The molecule has 9 heavy (non-hydrogen) atoms. The number of methoxy groups -OCH3 is 1. The van der Waals surface area contributed by atoms with E-state index in [0.717, 1.165) is 12.5 Å². The van der Waals surface area contributed by atoms with E-state index in [1.165, 1.54) is 13.0 Å². The van der Waals surface area contributed by atoms with Crippen molar-refractivity contribution in [1.82, 2.24) is 4.90 Å². The summed E-state index contributed by atoms with van der Waals surface area (Å²) in [4.78, 5) is 2.34. The Morgan fingerprint density at radius 2 is 2.44 bits per heavy atom. The number of hydrogen-bond donors (Lipinski definition) is 0. The van der Waals surface area contributed by atoms with Gasteiger partial charge in [-0.3, -0.25) is 0 Å².